The number of nitrogens with zero attached hydrogens (tertiary/aromatic N) is 1. The molecule has 36 heavy (non-hydrogen) atoms. The van der Waals surface area contributed by atoms with Gasteiger partial charge in [0.2, 0.25) is 10.0 Å². The quantitative estimate of drug-likeness (QED) is 0.463. The predicted molar refractivity (Wildman–Crippen MR) is 127 cm³/mol. The molecule has 0 unspecified atom stereocenters. The van der Waals surface area contributed by atoms with Crippen molar-refractivity contribution in [3.63, 3.8) is 0 Å². The molecule has 1 atom stereocenters. The van der Waals surface area contributed by atoms with Crippen LogP contribution in [0.3, 0.4) is 0 Å². The number of alkyl halides is 3. The number of rotatable bonds is 6. The molecular weight excluding hydrogens is 523 g/mol. The molecular formula is C24H27ClF3NO6S. The Morgan fingerprint density at radius 1 is 1.08 bits per heavy atom. The van der Waals surface area contributed by atoms with Crippen LogP contribution in [0.25, 0.3) is 11.1 Å². The second-order valence-corrected chi connectivity index (χ2v) is 11.5. The van der Waals surface area contributed by atoms with E-state index in [1.165, 1.54) is 31.2 Å². The Bertz CT molecular complexity index is 1220. The van der Waals surface area contributed by atoms with Crippen LogP contribution in [0.15, 0.2) is 41.3 Å². The van der Waals surface area contributed by atoms with Crippen molar-refractivity contribution in [2.24, 2.45) is 0 Å². The fourth-order valence-corrected chi connectivity index (χ4v) is 5.30. The van der Waals surface area contributed by atoms with E-state index in [1.54, 1.807) is 20.8 Å². The molecule has 12 heteroatoms. The largest absolute Gasteiger partial charge is 0.478 e. The number of sulfonamides is 1. The van der Waals surface area contributed by atoms with Crippen molar-refractivity contribution in [3.05, 3.63) is 47.0 Å². The molecule has 0 spiro atoms. The van der Waals surface area contributed by atoms with Gasteiger partial charge < -0.3 is 14.2 Å². The number of morpholine rings is 1. The van der Waals surface area contributed by atoms with Gasteiger partial charge in [-0.25, -0.2) is 13.2 Å². The Hall–Kier alpha value is -2.34. The van der Waals surface area contributed by atoms with E-state index in [9.17, 15) is 26.4 Å². The van der Waals surface area contributed by atoms with Crippen molar-refractivity contribution < 1.29 is 40.6 Å². The lowest BCUT2D eigenvalue weighted by Gasteiger charge is -2.27. The first-order valence-corrected chi connectivity index (χ1v) is 12.9. The molecule has 1 aliphatic heterocycles. The lowest BCUT2D eigenvalue weighted by Crippen LogP contribution is -2.41. The van der Waals surface area contributed by atoms with Crippen molar-refractivity contribution >= 4 is 27.6 Å². The van der Waals surface area contributed by atoms with Gasteiger partial charge in [0.25, 0.3) is 0 Å². The molecule has 2 aromatic carbocycles. The number of halogens is 4. The van der Waals surface area contributed by atoms with E-state index in [1.807, 2.05) is 0 Å². The van der Waals surface area contributed by atoms with Crippen LogP contribution in [0.1, 0.15) is 33.3 Å². The molecule has 0 amide bonds. The van der Waals surface area contributed by atoms with E-state index in [-0.39, 0.29) is 48.2 Å². The van der Waals surface area contributed by atoms with E-state index in [2.05, 4.69) is 0 Å². The van der Waals surface area contributed by atoms with E-state index in [0.29, 0.717) is 0 Å². The Balaban J connectivity index is 2.05. The first kappa shape index (κ1) is 28.2. The third kappa shape index (κ3) is 6.70. The minimum absolute atomic E-state index is 0.0112. The Kier molecular flexibility index (Phi) is 8.29. The molecule has 0 saturated carbocycles. The fourth-order valence-electron chi connectivity index (χ4n) is 3.52. The second kappa shape index (κ2) is 10.6. The normalized spacial score (nSPS) is 16.4. The van der Waals surface area contributed by atoms with Crippen LogP contribution in [-0.2, 0) is 30.5 Å². The van der Waals surface area contributed by atoms with Gasteiger partial charge in [-0.05, 0) is 63.6 Å². The molecule has 0 N–H and O–H groups in total. The summed E-state index contributed by atoms with van der Waals surface area (Å²) in [5.74, 6) is -0.582. The van der Waals surface area contributed by atoms with E-state index >= 15 is 0 Å². The van der Waals surface area contributed by atoms with Crippen LogP contribution in [0.2, 0.25) is 5.02 Å². The highest BCUT2D eigenvalue weighted by molar-refractivity contribution is 7.89. The first-order chi connectivity index (χ1) is 16.6. The molecule has 3 rings (SSSR count). The summed E-state index contributed by atoms with van der Waals surface area (Å²) in [4.78, 5) is 11.5. The maximum absolute atomic E-state index is 14.1. The van der Waals surface area contributed by atoms with Gasteiger partial charge in [-0.1, -0.05) is 17.7 Å². The average molecular weight is 550 g/mol. The minimum Gasteiger partial charge on any atom is -0.478 e. The van der Waals surface area contributed by atoms with Gasteiger partial charge in [0.05, 0.1) is 23.7 Å². The smallest absolute Gasteiger partial charge is 0.417 e. The summed E-state index contributed by atoms with van der Waals surface area (Å²) >= 11 is 6.10. The van der Waals surface area contributed by atoms with E-state index < -0.39 is 44.3 Å². The summed E-state index contributed by atoms with van der Waals surface area (Å²) in [7, 11) is -4.43. The minimum atomic E-state index is -4.96. The zero-order valence-electron chi connectivity index (χ0n) is 20.2. The van der Waals surface area contributed by atoms with Gasteiger partial charge >= 0.3 is 12.1 Å². The number of carbonyl (C=O) groups excluding carboxylic acids is 1. The van der Waals surface area contributed by atoms with Crippen molar-refractivity contribution in [1.29, 1.82) is 0 Å². The fraction of sp³-hybridized carbons (Fsp3) is 0.458. The van der Waals surface area contributed by atoms with Gasteiger partial charge in [0.1, 0.15) is 11.4 Å². The predicted octanol–water partition coefficient (Wildman–Crippen LogP) is 5.16. The van der Waals surface area contributed by atoms with E-state index in [0.717, 1.165) is 16.4 Å². The summed E-state index contributed by atoms with van der Waals surface area (Å²) in [5, 5.41) is 0.209. The monoisotopic (exact) mass is 549 g/mol. The average Bonchev–Trinajstić information content (AvgIpc) is 2.78. The Morgan fingerprint density at radius 3 is 2.31 bits per heavy atom. The molecule has 1 fully saturated rings. The van der Waals surface area contributed by atoms with Gasteiger partial charge in [0, 0.05) is 23.7 Å². The van der Waals surface area contributed by atoms with Crippen molar-refractivity contribution in [1.82, 2.24) is 4.31 Å². The van der Waals surface area contributed by atoms with Crippen molar-refractivity contribution in [3.8, 4) is 16.9 Å². The zero-order valence-corrected chi connectivity index (χ0v) is 21.8. The zero-order chi connectivity index (χ0) is 26.9. The number of carbonyl (C=O) groups is 1. The van der Waals surface area contributed by atoms with E-state index in [4.69, 9.17) is 25.8 Å². The number of benzene rings is 2. The number of hydrogen-bond donors (Lipinski definition) is 0. The van der Waals surface area contributed by atoms with Crippen LogP contribution in [0, 0.1) is 0 Å². The molecule has 1 aliphatic rings. The van der Waals surface area contributed by atoms with Gasteiger partial charge in [-0.15, -0.1) is 0 Å². The maximum Gasteiger partial charge on any atom is 0.417 e. The van der Waals surface area contributed by atoms with Gasteiger partial charge in [-0.3, -0.25) is 0 Å². The molecule has 0 radical (unpaired) electrons. The summed E-state index contributed by atoms with van der Waals surface area (Å²) in [5.41, 5.74) is -1.92. The molecule has 1 saturated heterocycles. The van der Waals surface area contributed by atoms with Crippen LogP contribution < -0.4 is 4.74 Å². The van der Waals surface area contributed by atoms with Gasteiger partial charge in [0.15, 0.2) is 6.10 Å². The molecule has 1 heterocycles. The van der Waals surface area contributed by atoms with Gasteiger partial charge in [-0.2, -0.15) is 17.5 Å². The van der Waals surface area contributed by atoms with Crippen LogP contribution in [0.5, 0.6) is 5.75 Å². The maximum atomic E-state index is 14.1. The highest BCUT2D eigenvalue weighted by Gasteiger charge is 2.40. The highest BCUT2D eigenvalue weighted by Crippen LogP contribution is 2.41. The Labute approximate surface area is 213 Å². The first-order valence-electron chi connectivity index (χ1n) is 11.1. The standard InChI is InChI=1S/C24H27ClF3NO6S/c1-15(22(30)35-23(2,3)4)34-20-7-6-17(25)14-18(20)16-5-8-21(19(13-16)24(26,27)28)36(31,32)29-9-11-33-12-10-29/h5-8,13-15H,9-12H2,1-4H3/t15-/m0/s1. The summed E-state index contributed by atoms with van der Waals surface area (Å²) < 4.78 is 85.4. The third-order valence-electron chi connectivity index (χ3n) is 5.17. The number of ether oxygens (including phenoxy) is 3. The molecule has 0 aliphatic carbocycles. The van der Waals surface area contributed by atoms with Crippen molar-refractivity contribution in [2.75, 3.05) is 26.3 Å². The third-order valence-corrected chi connectivity index (χ3v) is 7.36. The second-order valence-electron chi connectivity index (χ2n) is 9.16. The molecule has 198 valence electrons. The van der Waals surface area contributed by atoms with Crippen molar-refractivity contribution in [2.45, 2.75) is 50.5 Å². The number of esters is 1. The van der Waals surface area contributed by atoms with Crippen LogP contribution >= 0.6 is 11.6 Å². The molecule has 7 nitrogen and oxygen atoms in total. The topological polar surface area (TPSA) is 82.1 Å². The number of hydrogen-bond acceptors (Lipinski definition) is 6. The van der Waals surface area contributed by atoms with Crippen LogP contribution in [-0.4, -0.2) is 56.7 Å². The lowest BCUT2D eigenvalue weighted by molar-refractivity contribution is -0.162. The summed E-state index contributed by atoms with van der Waals surface area (Å²) in [6, 6.07) is 7.17. The lowest BCUT2D eigenvalue weighted by atomic mass is 10.0. The molecule has 2 aromatic rings. The summed E-state index contributed by atoms with van der Waals surface area (Å²) in [6.45, 7) is 6.62. The summed E-state index contributed by atoms with van der Waals surface area (Å²) in [6.07, 6.45) is -6.04. The van der Waals surface area contributed by atoms with Crippen LogP contribution in [0.4, 0.5) is 13.2 Å². The Morgan fingerprint density at radius 2 is 1.72 bits per heavy atom. The highest BCUT2D eigenvalue weighted by atomic mass is 35.5. The molecule has 0 bridgehead atoms. The molecule has 0 aromatic heterocycles. The SMILES string of the molecule is C[C@H](Oc1ccc(Cl)cc1-c1ccc(S(=O)(=O)N2CCOCC2)c(C(F)(F)F)c1)C(=O)OC(C)(C)C.